The summed E-state index contributed by atoms with van der Waals surface area (Å²) >= 11 is 0. The fourth-order valence-electron chi connectivity index (χ4n) is 3.63. The zero-order valence-electron chi connectivity index (χ0n) is 12.6. The molecule has 1 aliphatic carbocycles. The van der Waals surface area contributed by atoms with Crippen LogP contribution in [-0.4, -0.2) is 18.0 Å². The first-order chi connectivity index (χ1) is 10.3. The van der Waals surface area contributed by atoms with Crippen LogP contribution in [0.2, 0.25) is 0 Å². The molecular formula is C19H20N2. The van der Waals surface area contributed by atoms with Gasteiger partial charge in [-0.15, -0.1) is 0 Å². The van der Waals surface area contributed by atoms with Crippen molar-refractivity contribution >= 4 is 0 Å². The molecule has 0 spiro atoms. The van der Waals surface area contributed by atoms with Gasteiger partial charge in [0.15, 0.2) is 5.54 Å². The number of rotatable bonds is 3. The normalized spacial score (nSPS) is 15.1. The van der Waals surface area contributed by atoms with E-state index < -0.39 is 5.54 Å². The summed E-state index contributed by atoms with van der Waals surface area (Å²) < 4.78 is 0. The third-order valence-electron chi connectivity index (χ3n) is 4.59. The average Bonchev–Trinajstić information content (AvgIpc) is 2.55. The lowest BCUT2D eigenvalue weighted by Gasteiger charge is -2.43. The molecule has 0 N–H and O–H groups in total. The summed E-state index contributed by atoms with van der Waals surface area (Å²) in [4.78, 5) is 2.27. The van der Waals surface area contributed by atoms with Crippen molar-refractivity contribution < 1.29 is 0 Å². The Kier molecular flexibility index (Phi) is 3.53. The van der Waals surface area contributed by atoms with Crippen LogP contribution in [0, 0.1) is 11.3 Å². The SMILES string of the molecule is CCN(CC)C1(C#N)c2ccccc2Cc2ccccc21. The van der Waals surface area contributed by atoms with Crippen LogP contribution in [0.15, 0.2) is 48.5 Å². The van der Waals surface area contributed by atoms with Crippen molar-refractivity contribution in [2.24, 2.45) is 0 Å². The minimum atomic E-state index is -0.658. The topological polar surface area (TPSA) is 27.0 Å². The Balaban J connectivity index is 2.35. The molecule has 0 saturated heterocycles. The third kappa shape index (κ3) is 1.89. The van der Waals surface area contributed by atoms with Crippen LogP contribution >= 0.6 is 0 Å². The summed E-state index contributed by atoms with van der Waals surface area (Å²) in [5, 5.41) is 10.2. The number of fused-ring (bicyclic) bond motifs is 2. The molecule has 106 valence electrons. The number of nitrogens with zero attached hydrogens (tertiary/aromatic N) is 2. The zero-order valence-corrected chi connectivity index (χ0v) is 12.6. The van der Waals surface area contributed by atoms with E-state index in [0.29, 0.717) is 0 Å². The molecule has 0 aromatic heterocycles. The molecule has 0 aliphatic heterocycles. The van der Waals surface area contributed by atoms with Crippen LogP contribution in [0.3, 0.4) is 0 Å². The summed E-state index contributed by atoms with van der Waals surface area (Å²) in [6.45, 7) is 5.96. The van der Waals surface area contributed by atoms with Crippen LogP contribution in [-0.2, 0) is 12.0 Å². The van der Waals surface area contributed by atoms with Crippen LogP contribution in [0.5, 0.6) is 0 Å². The van der Waals surface area contributed by atoms with Gasteiger partial charge in [0.1, 0.15) is 0 Å². The van der Waals surface area contributed by atoms with Gasteiger partial charge in [0.25, 0.3) is 0 Å². The number of hydrogen-bond donors (Lipinski definition) is 0. The predicted octanol–water partition coefficient (Wildman–Crippen LogP) is 3.70. The Bertz CT molecular complexity index is 647. The van der Waals surface area contributed by atoms with Gasteiger partial charge in [-0.2, -0.15) is 5.26 Å². The standard InChI is InChI=1S/C19H20N2/c1-3-21(4-2)19(14-20)17-11-7-5-9-15(17)13-16-10-6-8-12-18(16)19/h5-12H,3-4,13H2,1-2H3. The molecule has 2 heteroatoms. The summed E-state index contributed by atoms with van der Waals surface area (Å²) in [6, 6.07) is 19.4. The van der Waals surface area contributed by atoms with E-state index in [1.165, 1.54) is 11.1 Å². The van der Waals surface area contributed by atoms with Crippen molar-refractivity contribution in [3.63, 3.8) is 0 Å². The number of nitriles is 1. The van der Waals surface area contributed by atoms with Crippen molar-refractivity contribution in [2.45, 2.75) is 25.8 Å². The molecule has 0 amide bonds. The second-order valence-electron chi connectivity index (χ2n) is 5.49. The van der Waals surface area contributed by atoms with E-state index in [2.05, 4.69) is 61.2 Å². The van der Waals surface area contributed by atoms with Crippen molar-refractivity contribution in [1.82, 2.24) is 4.90 Å². The molecule has 0 atom stereocenters. The van der Waals surface area contributed by atoms with E-state index in [-0.39, 0.29) is 0 Å². The van der Waals surface area contributed by atoms with Gasteiger partial charge in [0.2, 0.25) is 0 Å². The Hall–Kier alpha value is -2.11. The first-order valence-electron chi connectivity index (χ1n) is 7.61. The highest BCUT2D eigenvalue weighted by Gasteiger charge is 2.44. The van der Waals surface area contributed by atoms with Crippen LogP contribution in [0.25, 0.3) is 0 Å². The predicted molar refractivity (Wildman–Crippen MR) is 85.0 cm³/mol. The Morgan fingerprint density at radius 2 is 1.43 bits per heavy atom. The lowest BCUT2D eigenvalue weighted by molar-refractivity contribution is 0.185. The quantitative estimate of drug-likeness (QED) is 0.854. The zero-order chi connectivity index (χ0) is 14.9. The Morgan fingerprint density at radius 3 is 1.86 bits per heavy atom. The van der Waals surface area contributed by atoms with Gasteiger partial charge in [-0.25, -0.2) is 0 Å². The van der Waals surface area contributed by atoms with Gasteiger partial charge in [-0.3, -0.25) is 4.90 Å². The second kappa shape index (κ2) is 5.35. The monoisotopic (exact) mass is 276 g/mol. The summed E-state index contributed by atoms with van der Waals surface area (Å²) in [7, 11) is 0. The third-order valence-corrected chi connectivity index (χ3v) is 4.59. The van der Waals surface area contributed by atoms with Crippen LogP contribution in [0.4, 0.5) is 0 Å². The largest absolute Gasteiger partial charge is 0.279 e. The minimum Gasteiger partial charge on any atom is -0.279 e. The maximum atomic E-state index is 10.2. The highest BCUT2D eigenvalue weighted by molar-refractivity contribution is 5.57. The molecule has 0 heterocycles. The number of hydrogen-bond acceptors (Lipinski definition) is 2. The summed E-state index contributed by atoms with van der Waals surface area (Å²) in [6.07, 6.45) is 0.914. The van der Waals surface area contributed by atoms with Crippen molar-refractivity contribution in [2.75, 3.05) is 13.1 Å². The molecule has 2 aromatic carbocycles. The average molecular weight is 276 g/mol. The molecule has 0 bridgehead atoms. The van der Waals surface area contributed by atoms with E-state index >= 15 is 0 Å². The molecule has 0 fully saturated rings. The van der Waals surface area contributed by atoms with E-state index in [4.69, 9.17) is 0 Å². The van der Waals surface area contributed by atoms with Crippen molar-refractivity contribution in [1.29, 1.82) is 5.26 Å². The van der Waals surface area contributed by atoms with E-state index in [1.807, 2.05) is 12.1 Å². The molecule has 0 unspecified atom stereocenters. The van der Waals surface area contributed by atoms with Gasteiger partial charge in [-0.05, 0) is 41.8 Å². The summed E-state index contributed by atoms with van der Waals surface area (Å²) in [5.41, 5.74) is 4.17. The fraction of sp³-hybridized carbons (Fsp3) is 0.316. The van der Waals surface area contributed by atoms with Crippen LogP contribution < -0.4 is 0 Å². The molecule has 0 saturated carbocycles. The van der Waals surface area contributed by atoms with E-state index in [0.717, 1.165) is 30.6 Å². The lowest BCUT2D eigenvalue weighted by Crippen LogP contribution is -2.48. The molecule has 3 rings (SSSR count). The highest BCUT2D eigenvalue weighted by Crippen LogP contribution is 2.43. The van der Waals surface area contributed by atoms with Gasteiger partial charge >= 0.3 is 0 Å². The van der Waals surface area contributed by atoms with Crippen molar-refractivity contribution in [3.05, 3.63) is 70.8 Å². The smallest absolute Gasteiger partial charge is 0.160 e. The molecule has 0 radical (unpaired) electrons. The van der Waals surface area contributed by atoms with Gasteiger partial charge < -0.3 is 0 Å². The molecule has 2 aromatic rings. The van der Waals surface area contributed by atoms with Gasteiger partial charge in [-0.1, -0.05) is 62.4 Å². The molecule has 2 nitrogen and oxygen atoms in total. The van der Waals surface area contributed by atoms with Gasteiger partial charge in [0, 0.05) is 0 Å². The highest BCUT2D eigenvalue weighted by atomic mass is 15.2. The Morgan fingerprint density at radius 1 is 0.952 bits per heavy atom. The molecule has 21 heavy (non-hydrogen) atoms. The lowest BCUT2D eigenvalue weighted by atomic mass is 9.72. The van der Waals surface area contributed by atoms with Gasteiger partial charge in [0.05, 0.1) is 6.07 Å². The maximum absolute atomic E-state index is 10.2. The first-order valence-corrected chi connectivity index (χ1v) is 7.61. The minimum absolute atomic E-state index is 0.658. The van der Waals surface area contributed by atoms with Crippen LogP contribution in [0.1, 0.15) is 36.1 Å². The molecular weight excluding hydrogens is 256 g/mol. The fourth-order valence-corrected chi connectivity index (χ4v) is 3.63. The first kappa shape index (κ1) is 13.9. The van der Waals surface area contributed by atoms with E-state index in [1.54, 1.807) is 0 Å². The number of benzene rings is 2. The molecule has 1 aliphatic rings. The maximum Gasteiger partial charge on any atom is 0.160 e. The van der Waals surface area contributed by atoms with Crippen molar-refractivity contribution in [3.8, 4) is 6.07 Å². The Labute approximate surface area is 126 Å². The summed E-state index contributed by atoms with van der Waals surface area (Å²) in [5.74, 6) is 0. The second-order valence-corrected chi connectivity index (χ2v) is 5.49. The van der Waals surface area contributed by atoms with E-state index in [9.17, 15) is 5.26 Å².